The second kappa shape index (κ2) is 7.52. The third-order valence-electron chi connectivity index (χ3n) is 2.37. The van der Waals surface area contributed by atoms with Gasteiger partial charge in [-0.05, 0) is 32.3 Å². The van der Waals surface area contributed by atoms with Gasteiger partial charge in [0.25, 0.3) is 5.91 Å². The first-order valence-electron chi connectivity index (χ1n) is 5.87. The SMILES string of the molecule is CN(C)CCNC(=O)c1cc(F)ccc1C#CCO. The number of nitrogens with zero attached hydrogens (tertiary/aromatic N) is 1. The van der Waals surface area contributed by atoms with Crippen molar-refractivity contribution in [1.82, 2.24) is 10.2 Å². The number of rotatable bonds is 4. The van der Waals surface area contributed by atoms with Crippen LogP contribution in [0.2, 0.25) is 0 Å². The Kier molecular flexibility index (Phi) is 6.00. The minimum absolute atomic E-state index is 0.180. The normalized spacial score (nSPS) is 9.95. The molecular formula is C14H17FN2O2. The van der Waals surface area contributed by atoms with E-state index in [0.717, 1.165) is 6.07 Å². The van der Waals surface area contributed by atoms with Crippen LogP contribution in [-0.4, -0.2) is 49.7 Å². The van der Waals surface area contributed by atoms with Crippen LogP contribution in [0.1, 0.15) is 15.9 Å². The summed E-state index contributed by atoms with van der Waals surface area (Å²) in [5.41, 5.74) is 0.581. The first kappa shape index (κ1) is 15.2. The van der Waals surface area contributed by atoms with E-state index in [-0.39, 0.29) is 18.1 Å². The van der Waals surface area contributed by atoms with Crippen LogP contribution in [0.4, 0.5) is 4.39 Å². The van der Waals surface area contributed by atoms with Crippen LogP contribution in [-0.2, 0) is 0 Å². The van der Waals surface area contributed by atoms with Gasteiger partial charge in [0.15, 0.2) is 0 Å². The highest BCUT2D eigenvalue weighted by Crippen LogP contribution is 2.10. The maximum absolute atomic E-state index is 13.2. The van der Waals surface area contributed by atoms with Gasteiger partial charge in [0.2, 0.25) is 0 Å². The van der Waals surface area contributed by atoms with E-state index in [1.54, 1.807) is 0 Å². The second-order valence-corrected chi connectivity index (χ2v) is 4.21. The van der Waals surface area contributed by atoms with Gasteiger partial charge in [0.1, 0.15) is 12.4 Å². The van der Waals surface area contributed by atoms with Crippen LogP contribution < -0.4 is 5.32 Å². The zero-order valence-electron chi connectivity index (χ0n) is 11.0. The molecule has 1 rings (SSSR count). The standard InChI is InChI=1S/C14H17FN2O2/c1-17(2)8-7-16-14(19)13-10-12(15)6-5-11(13)4-3-9-18/h5-6,10,18H,7-9H2,1-2H3,(H,16,19). The number of carbonyl (C=O) groups is 1. The third-order valence-corrected chi connectivity index (χ3v) is 2.37. The lowest BCUT2D eigenvalue weighted by atomic mass is 10.1. The van der Waals surface area contributed by atoms with Gasteiger partial charge in [-0.3, -0.25) is 4.79 Å². The molecule has 1 amide bonds. The molecule has 102 valence electrons. The molecule has 19 heavy (non-hydrogen) atoms. The predicted molar refractivity (Wildman–Crippen MR) is 71.3 cm³/mol. The number of aliphatic hydroxyl groups is 1. The number of likely N-dealkylation sites (N-methyl/N-ethyl adjacent to an activating group) is 1. The molecule has 5 heteroatoms. The van der Waals surface area contributed by atoms with E-state index in [1.807, 2.05) is 19.0 Å². The predicted octanol–water partition coefficient (Wildman–Crippen LogP) is 0.461. The van der Waals surface area contributed by atoms with Crippen molar-refractivity contribution in [2.24, 2.45) is 0 Å². The van der Waals surface area contributed by atoms with E-state index in [4.69, 9.17) is 5.11 Å². The molecule has 0 bridgehead atoms. The Morgan fingerprint density at radius 1 is 1.47 bits per heavy atom. The molecule has 0 aliphatic carbocycles. The minimum Gasteiger partial charge on any atom is -0.384 e. The molecule has 4 nitrogen and oxygen atoms in total. The van der Waals surface area contributed by atoms with Crippen LogP contribution in [0.15, 0.2) is 18.2 Å². The number of nitrogens with one attached hydrogen (secondary N) is 1. The molecule has 0 fully saturated rings. The van der Waals surface area contributed by atoms with Crippen LogP contribution in [0.5, 0.6) is 0 Å². The fourth-order valence-corrected chi connectivity index (χ4v) is 1.44. The number of carbonyl (C=O) groups excluding carboxylic acids is 1. The van der Waals surface area contributed by atoms with Crippen molar-refractivity contribution < 1.29 is 14.3 Å². The largest absolute Gasteiger partial charge is 0.384 e. The maximum atomic E-state index is 13.2. The highest BCUT2D eigenvalue weighted by atomic mass is 19.1. The van der Waals surface area contributed by atoms with Crippen molar-refractivity contribution in [1.29, 1.82) is 0 Å². The van der Waals surface area contributed by atoms with E-state index in [0.29, 0.717) is 18.7 Å². The van der Waals surface area contributed by atoms with Gasteiger partial charge in [0.05, 0.1) is 5.56 Å². The molecule has 2 N–H and O–H groups in total. The van der Waals surface area contributed by atoms with E-state index in [2.05, 4.69) is 17.2 Å². The Labute approximate surface area is 112 Å². The van der Waals surface area contributed by atoms with Crippen molar-refractivity contribution in [3.63, 3.8) is 0 Å². The molecule has 0 radical (unpaired) electrons. The Balaban J connectivity index is 2.85. The molecule has 0 saturated carbocycles. The highest BCUT2D eigenvalue weighted by Gasteiger charge is 2.11. The Hall–Kier alpha value is -1.90. The van der Waals surface area contributed by atoms with Gasteiger partial charge >= 0.3 is 0 Å². The van der Waals surface area contributed by atoms with E-state index >= 15 is 0 Å². The van der Waals surface area contributed by atoms with E-state index in [9.17, 15) is 9.18 Å². The van der Waals surface area contributed by atoms with Gasteiger partial charge < -0.3 is 15.3 Å². The number of aliphatic hydroxyl groups excluding tert-OH is 1. The molecule has 0 aromatic heterocycles. The molecule has 0 saturated heterocycles. The maximum Gasteiger partial charge on any atom is 0.252 e. The van der Waals surface area contributed by atoms with Gasteiger partial charge in [-0.1, -0.05) is 11.8 Å². The molecular weight excluding hydrogens is 247 g/mol. The minimum atomic E-state index is -0.493. The van der Waals surface area contributed by atoms with Crippen molar-refractivity contribution in [3.8, 4) is 11.8 Å². The third kappa shape index (κ3) is 5.08. The Bertz CT molecular complexity index is 504. The molecule has 0 heterocycles. The summed E-state index contributed by atoms with van der Waals surface area (Å²) in [4.78, 5) is 13.9. The first-order valence-corrected chi connectivity index (χ1v) is 5.87. The lowest BCUT2D eigenvalue weighted by Crippen LogP contribution is -2.31. The second-order valence-electron chi connectivity index (χ2n) is 4.21. The smallest absolute Gasteiger partial charge is 0.252 e. The summed E-state index contributed by atoms with van der Waals surface area (Å²) in [6, 6.07) is 3.81. The van der Waals surface area contributed by atoms with Crippen molar-refractivity contribution in [2.75, 3.05) is 33.8 Å². The molecule has 1 aromatic carbocycles. The Morgan fingerprint density at radius 3 is 2.84 bits per heavy atom. The zero-order chi connectivity index (χ0) is 14.3. The average Bonchev–Trinajstić information content (AvgIpc) is 2.36. The number of hydrogen-bond acceptors (Lipinski definition) is 3. The van der Waals surface area contributed by atoms with Crippen LogP contribution >= 0.6 is 0 Å². The molecule has 0 spiro atoms. The summed E-state index contributed by atoms with van der Waals surface area (Å²) in [6.45, 7) is 0.854. The van der Waals surface area contributed by atoms with Gasteiger partial charge in [0, 0.05) is 18.7 Å². The number of hydrogen-bond donors (Lipinski definition) is 2. The monoisotopic (exact) mass is 264 g/mol. The quantitative estimate of drug-likeness (QED) is 0.777. The Morgan fingerprint density at radius 2 is 2.21 bits per heavy atom. The fourth-order valence-electron chi connectivity index (χ4n) is 1.44. The lowest BCUT2D eigenvalue weighted by Gasteiger charge is -2.11. The average molecular weight is 264 g/mol. The first-order chi connectivity index (χ1) is 9.04. The molecule has 0 aliphatic heterocycles. The van der Waals surface area contributed by atoms with Gasteiger partial charge in [-0.2, -0.15) is 0 Å². The summed E-state index contributed by atoms with van der Waals surface area (Å²) in [7, 11) is 3.79. The summed E-state index contributed by atoms with van der Waals surface area (Å²) in [5, 5.41) is 11.4. The topological polar surface area (TPSA) is 52.6 Å². The lowest BCUT2D eigenvalue weighted by molar-refractivity contribution is 0.0950. The molecule has 0 unspecified atom stereocenters. The van der Waals surface area contributed by atoms with Crippen molar-refractivity contribution in [3.05, 3.63) is 35.1 Å². The summed E-state index contributed by atoms with van der Waals surface area (Å²) in [6.07, 6.45) is 0. The van der Waals surface area contributed by atoms with E-state index < -0.39 is 5.82 Å². The summed E-state index contributed by atoms with van der Waals surface area (Å²) >= 11 is 0. The summed E-state index contributed by atoms with van der Waals surface area (Å²) in [5.74, 6) is 4.22. The number of benzene rings is 1. The number of amides is 1. The fraction of sp³-hybridized carbons (Fsp3) is 0.357. The molecule has 1 aromatic rings. The van der Waals surface area contributed by atoms with Crippen LogP contribution in [0.3, 0.4) is 0 Å². The van der Waals surface area contributed by atoms with Crippen LogP contribution in [0, 0.1) is 17.7 Å². The van der Waals surface area contributed by atoms with Crippen LogP contribution in [0.25, 0.3) is 0 Å². The number of halogens is 1. The van der Waals surface area contributed by atoms with Crippen molar-refractivity contribution in [2.45, 2.75) is 0 Å². The molecule has 0 aliphatic rings. The van der Waals surface area contributed by atoms with Gasteiger partial charge in [-0.15, -0.1) is 0 Å². The summed E-state index contributed by atoms with van der Waals surface area (Å²) < 4.78 is 13.2. The zero-order valence-corrected chi connectivity index (χ0v) is 11.0. The van der Waals surface area contributed by atoms with E-state index in [1.165, 1.54) is 12.1 Å². The van der Waals surface area contributed by atoms with Gasteiger partial charge in [-0.25, -0.2) is 4.39 Å². The molecule has 0 atom stereocenters. The van der Waals surface area contributed by atoms with Crippen molar-refractivity contribution >= 4 is 5.91 Å². The highest BCUT2D eigenvalue weighted by molar-refractivity contribution is 5.96.